The topological polar surface area (TPSA) is 197 Å². The molecule has 3 rings (SSSR count). The molecule has 0 aromatic heterocycles. The first-order valence-corrected chi connectivity index (χ1v) is 11.6. The largest absolute Gasteiger partial charge is 0.388 e. The fraction of sp³-hybridized carbons (Fsp3) is 0.952. The number of ether oxygens (including phenoxy) is 4. The number of carbonyl (C=O) groups excluding carboxylic acids is 1. The highest BCUT2D eigenvalue weighted by atomic mass is 16.7. The van der Waals surface area contributed by atoms with Crippen LogP contribution in [0.3, 0.4) is 0 Å². The van der Waals surface area contributed by atoms with Gasteiger partial charge in [0.15, 0.2) is 6.29 Å². The number of carbonyl (C=O) groups is 1. The highest BCUT2D eigenvalue weighted by Gasteiger charge is 2.50. The number of aliphatic hydroxyl groups is 2. The van der Waals surface area contributed by atoms with E-state index in [-0.39, 0.29) is 24.8 Å². The quantitative estimate of drug-likeness (QED) is 0.196. The Morgan fingerprint density at radius 3 is 2.36 bits per heavy atom. The van der Waals surface area contributed by atoms with E-state index in [1.807, 2.05) is 14.0 Å². The number of Topliss-reactive ketones (excluding diaryl/α,β-unsaturated/α-hetero) is 1. The first-order chi connectivity index (χ1) is 15.5. The zero-order chi connectivity index (χ0) is 24.5. The number of aliphatic hydroxyl groups excluding tert-OH is 1. The standard InChI is InChI=1S/C21H41N5O7/c1-9(25-3)13-6-5-10(22)19(31-13)32-16-11(23)7-12(24)17(14(16)27)33-20-15(28)18(26-4)21(2,29)8-30-20/h9-14,16-20,25-27,29H,5-8,22-24H2,1-4H3. The van der Waals surface area contributed by atoms with Gasteiger partial charge in [0.1, 0.15) is 30.0 Å². The van der Waals surface area contributed by atoms with Crippen LogP contribution in [-0.2, 0) is 23.7 Å². The van der Waals surface area contributed by atoms with Gasteiger partial charge < -0.3 is 57.0 Å². The number of hydrogen-bond acceptors (Lipinski definition) is 12. The maximum atomic E-state index is 12.8. The molecule has 0 radical (unpaired) electrons. The van der Waals surface area contributed by atoms with Crippen molar-refractivity contribution in [3.8, 4) is 0 Å². The summed E-state index contributed by atoms with van der Waals surface area (Å²) in [6.07, 6.45) is -3.44. The first-order valence-electron chi connectivity index (χ1n) is 11.6. The van der Waals surface area contributed by atoms with E-state index in [0.717, 1.165) is 6.42 Å². The second kappa shape index (κ2) is 10.9. The van der Waals surface area contributed by atoms with Crippen molar-refractivity contribution in [1.29, 1.82) is 0 Å². The van der Waals surface area contributed by atoms with E-state index in [2.05, 4.69) is 10.6 Å². The lowest BCUT2D eigenvalue weighted by Gasteiger charge is -2.47. The summed E-state index contributed by atoms with van der Waals surface area (Å²) in [4.78, 5) is 12.8. The fourth-order valence-electron chi connectivity index (χ4n) is 4.87. The van der Waals surface area contributed by atoms with Crippen molar-refractivity contribution in [2.45, 2.75) is 106 Å². The Morgan fingerprint density at radius 1 is 1.12 bits per heavy atom. The van der Waals surface area contributed by atoms with Gasteiger partial charge in [0.25, 0.3) is 0 Å². The monoisotopic (exact) mass is 475 g/mol. The second-order valence-electron chi connectivity index (χ2n) is 9.74. The SMILES string of the molecule is CNC(C)C1CCC(N)C(OC2C(N)CC(N)C(OC3OCC(C)(O)C(NC)C3=O)C2O)O1. The van der Waals surface area contributed by atoms with Crippen LogP contribution in [0.1, 0.15) is 33.1 Å². The van der Waals surface area contributed by atoms with Crippen molar-refractivity contribution in [3.63, 3.8) is 0 Å². The molecule has 192 valence electrons. The molecule has 33 heavy (non-hydrogen) atoms. The van der Waals surface area contributed by atoms with Crippen LogP contribution in [0, 0.1) is 0 Å². The first kappa shape index (κ1) is 26.8. The van der Waals surface area contributed by atoms with Gasteiger partial charge in [0.2, 0.25) is 12.1 Å². The molecule has 12 unspecified atom stereocenters. The summed E-state index contributed by atoms with van der Waals surface area (Å²) in [5.41, 5.74) is 17.3. The van der Waals surface area contributed by atoms with E-state index < -0.39 is 60.4 Å². The van der Waals surface area contributed by atoms with Gasteiger partial charge in [-0.05, 0) is 47.2 Å². The Labute approximate surface area is 194 Å². The maximum Gasteiger partial charge on any atom is 0.220 e. The molecule has 10 N–H and O–H groups in total. The third-order valence-corrected chi connectivity index (χ3v) is 7.04. The molecule has 12 atom stereocenters. The lowest BCUT2D eigenvalue weighted by molar-refractivity contribution is -0.276. The lowest BCUT2D eigenvalue weighted by atomic mass is 9.84. The summed E-state index contributed by atoms with van der Waals surface area (Å²) in [5, 5.41) is 27.4. The van der Waals surface area contributed by atoms with Crippen molar-refractivity contribution in [2.75, 3.05) is 20.7 Å². The van der Waals surface area contributed by atoms with Crippen LogP contribution in [0.4, 0.5) is 0 Å². The third kappa shape index (κ3) is 5.73. The molecule has 3 aliphatic rings. The molecule has 0 amide bonds. The van der Waals surface area contributed by atoms with E-state index >= 15 is 0 Å². The predicted octanol–water partition coefficient (Wildman–Crippen LogP) is -3.12. The minimum absolute atomic E-state index is 0.0920. The minimum atomic E-state index is -1.39. The molecule has 2 aliphatic heterocycles. The Hall–Kier alpha value is -0.770. The average Bonchev–Trinajstić information content (AvgIpc) is 2.76. The number of likely N-dealkylation sites (N-methyl/N-ethyl adjacent to an activating group) is 2. The highest BCUT2D eigenvalue weighted by molar-refractivity contribution is 5.89. The number of rotatable bonds is 7. The van der Waals surface area contributed by atoms with Crippen molar-refractivity contribution in [2.24, 2.45) is 17.2 Å². The molecule has 2 heterocycles. The molecule has 0 spiro atoms. The van der Waals surface area contributed by atoms with E-state index in [4.69, 9.17) is 36.1 Å². The van der Waals surface area contributed by atoms with Crippen molar-refractivity contribution < 1.29 is 34.0 Å². The summed E-state index contributed by atoms with van der Waals surface area (Å²) in [6.45, 7) is 3.39. The Morgan fingerprint density at radius 2 is 1.76 bits per heavy atom. The van der Waals surface area contributed by atoms with Gasteiger partial charge in [-0.15, -0.1) is 0 Å². The van der Waals surface area contributed by atoms with Crippen LogP contribution in [0.5, 0.6) is 0 Å². The molecule has 12 heteroatoms. The van der Waals surface area contributed by atoms with Gasteiger partial charge in [-0.2, -0.15) is 0 Å². The summed E-state index contributed by atoms with van der Waals surface area (Å²) in [5.74, 6) is -0.484. The van der Waals surface area contributed by atoms with Crippen LogP contribution in [-0.4, -0.2) is 110 Å². The average molecular weight is 476 g/mol. The molecule has 3 fully saturated rings. The van der Waals surface area contributed by atoms with E-state index in [1.54, 1.807) is 7.05 Å². The zero-order valence-corrected chi connectivity index (χ0v) is 19.8. The van der Waals surface area contributed by atoms with Gasteiger partial charge in [0.05, 0.1) is 18.8 Å². The van der Waals surface area contributed by atoms with Gasteiger partial charge >= 0.3 is 0 Å². The summed E-state index contributed by atoms with van der Waals surface area (Å²) >= 11 is 0. The van der Waals surface area contributed by atoms with Crippen molar-refractivity contribution in [1.82, 2.24) is 10.6 Å². The number of ketones is 1. The van der Waals surface area contributed by atoms with E-state index in [9.17, 15) is 15.0 Å². The normalized spacial score (nSPS) is 48.0. The lowest BCUT2D eigenvalue weighted by Crippen LogP contribution is -2.67. The molecule has 0 bridgehead atoms. The van der Waals surface area contributed by atoms with E-state index in [1.165, 1.54) is 6.92 Å². The Kier molecular flexibility index (Phi) is 8.84. The zero-order valence-electron chi connectivity index (χ0n) is 19.8. The summed E-state index contributed by atoms with van der Waals surface area (Å²) in [6, 6.07) is -2.39. The molecule has 2 saturated heterocycles. The third-order valence-electron chi connectivity index (χ3n) is 7.04. The number of nitrogens with one attached hydrogen (secondary N) is 2. The highest BCUT2D eigenvalue weighted by Crippen LogP contribution is 2.30. The maximum absolute atomic E-state index is 12.8. The van der Waals surface area contributed by atoms with Crippen LogP contribution in [0.2, 0.25) is 0 Å². The summed E-state index contributed by atoms with van der Waals surface area (Å²) < 4.78 is 23.5. The van der Waals surface area contributed by atoms with Crippen LogP contribution < -0.4 is 27.8 Å². The number of nitrogens with two attached hydrogens (primary N) is 3. The minimum Gasteiger partial charge on any atom is -0.388 e. The molecule has 0 aromatic carbocycles. The van der Waals surface area contributed by atoms with Crippen LogP contribution in [0.25, 0.3) is 0 Å². The van der Waals surface area contributed by atoms with Crippen LogP contribution in [0.15, 0.2) is 0 Å². The van der Waals surface area contributed by atoms with Gasteiger partial charge in [-0.1, -0.05) is 0 Å². The van der Waals surface area contributed by atoms with Gasteiger partial charge in [-0.25, -0.2) is 0 Å². The van der Waals surface area contributed by atoms with E-state index in [0.29, 0.717) is 12.8 Å². The van der Waals surface area contributed by atoms with Crippen LogP contribution >= 0.6 is 0 Å². The Balaban J connectivity index is 1.69. The molecular weight excluding hydrogens is 434 g/mol. The molecule has 12 nitrogen and oxygen atoms in total. The van der Waals surface area contributed by atoms with Gasteiger partial charge in [-0.3, -0.25) is 4.79 Å². The Bertz CT molecular complexity index is 671. The smallest absolute Gasteiger partial charge is 0.220 e. The fourth-order valence-corrected chi connectivity index (χ4v) is 4.87. The molecule has 1 saturated carbocycles. The summed E-state index contributed by atoms with van der Waals surface area (Å²) in [7, 11) is 3.42. The second-order valence-corrected chi connectivity index (χ2v) is 9.74. The predicted molar refractivity (Wildman–Crippen MR) is 119 cm³/mol. The molecule has 1 aliphatic carbocycles. The van der Waals surface area contributed by atoms with Gasteiger partial charge in [0, 0.05) is 18.1 Å². The molecule has 0 aromatic rings. The number of hydrogen-bond donors (Lipinski definition) is 7. The molecular formula is C21H41N5O7. The van der Waals surface area contributed by atoms with Crippen molar-refractivity contribution in [3.05, 3.63) is 0 Å². The van der Waals surface area contributed by atoms with Crippen molar-refractivity contribution >= 4 is 5.78 Å².